The van der Waals surface area contributed by atoms with Gasteiger partial charge < -0.3 is 14.9 Å². The summed E-state index contributed by atoms with van der Waals surface area (Å²) in [6, 6.07) is 10.9. The lowest BCUT2D eigenvalue weighted by Gasteiger charge is -2.13. The van der Waals surface area contributed by atoms with Gasteiger partial charge in [0, 0.05) is 11.4 Å². The lowest BCUT2D eigenvalue weighted by Crippen LogP contribution is -2.83. The molecule has 0 unspecified atom stereocenters. The van der Waals surface area contributed by atoms with Crippen LogP contribution >= 0.6 is 27.5 Å². The van der Waals surface area contributed by atoms with Gasteiger partial charge in [0.25, 0.3) is 5.82 Å². The summed E-state index contributed by atoms with van der Waals surface area (Å²) in [5, 5.41) is 26.5. The van der Waals surface area contributed by atoms with Crippen molar-refractivity contribution in [1.82, 2.24) is 10.2 Å². The second kappa shape index (κ2) is 10.3. The van der Waals surface area contributed by atoms with E-state index in [9.17, 15) is 4.79 Å². The second-order valence-electron chi connectivity index (χ2n) is 6.39. The highest BCUT2D eigenvalue weighted by atomic mass is 79.9. The molecule has 0 saturated carbocycles. The van der Waals surface area contributed by atoms with Crippen LogP contribution < -0.4 is 10.1 Å². The number of carbonyl (C=O) groups excluding carboxylic acids is 1. The van der Waals surface area contributed by atoms with Crippen molar-refractivity contribution >= 4 is 45.2 Å². The average molecular weight is 520 g/mol. The van der Waals surface area contributed by atoms with Gasteiger partial charge in [-0.25, -0.2) is 4.39 Å². The van der Waals surface area contributed by atoms with Crippen molar-refractivity contribution in [3.05, 3.63) is 74.6 Å². The van der Waals surface area contributed by atoms with E-state index in [0.717, 1.165) is 5.32 Å². The Morgan fingerprint density at radius 1 is 1.34 bits per heavy atom. The average Bonchev–Trinajstić information content (AvgIpc) is 2.78. The Morgan fingerprint density at radius 3 is 2.84 bits per heavy atom. The van der Waals surface area contributed by atoms with Gasteiger partial charge in [-0.3, -0.25) is 0 Å². The number of nitrogens with one attached hydrogen (secondary N) is 1. The fourth-order valence-corrected chi connectivity index (χ4v) is 3.38. The van der Waals surface area contributed by atoms with E-state index in [4.69, 9.17) is 27.0 Å². The Kier molecular flexibility index (Phi) is 7.48. The Balaban J connectivity index is 1.90. The molecule has 3 rings (SSSR count). The van der Waals surface area contributed by atoms with Gasteiger partial charge >= 0.3 is 6.09 Å². The number of nitriles is 1. The maximum atomic E-state index is 15.3. The summed E-state index contributed by atoms with van der Waals surface area (Å²) in [4.78, 5) is 11.6. The summed E-state index contributed by atoms with van der Waals surface area (Å²) in [5.74, 6) is -0.478. The molecule has 2 aromatic carbocycles. The van der Waals surface area contributed by atoms with Crippen molar-refractivity contribution in [2.45, 2.75) is 6.42 Å². The lowest BCUT2D eigenvalue weighted by molar-refractivity contribution is -0.486. The molecule has 162 valence electrons. The quantitative estimate of drug-likeness (QED) is 0.469. The van der Waals surface area contributed by atoms with Gasteiger partial charge in [-0.2, -0.15) is 20.5 Å². The molecule has 3 aromatic rings. The molecule has 32 heavy (non-hydrogen) atoms. The molecule has 3 N–H and O–H groups in total. The van der Waals surface area contributed by atoms with Gasteiger partial charge in [0.05, 0.1) is 40.7 Å². The molecule has 1 amide bonds. The Morgan fingerprint density at radius 2 is 2.12 bits per heavy atom. The number of amides is 1. The maximum absolute atomic E-state index is 15.3. The smallest absolute Gasteiger partial charge is 0.453 e. The van der Waals surface area contributed by atoms with E-state index in [0.29, 0.717) is 10.0 Å². The number of primary amides is 1. The summed E-state index contributed by atoms with van der Waals surface area (Å²) in [5.41, 5.74) is 0.763. The summed E-state index contributed by atoms with van der Waals surface area (Å²) in [7, 11) is 1.22. The van der Waals surface area contributed by atoms with Crippen LogP contribution in [0.4, 0.5) is 15.0 Å². The van der Waals surface area contributed by atoms with Crippen LogP contribution in [0.2, 0.25) is 5.02 Å². The topological polar surface area (TPSA) is 126 Å². The van der Waals surface area contributed by atoms with E-state index < -0.39 is 11.9 Å². The highest BCUT2D eigenvalue weighted by Crippen LogP contribution is 2.35. The van der Waals surface area contributed by atoms with Crippen LogP contribution in [0.3, 0.4) is 0 Å². The van der Waals surface area contributed by atoms with Crippen molar-refractivity contribution in [3.8, 4) is 17.6 Å². The van der Waals surface area contributed by atoms with E-state index in [2.05, 4.69) is 30.9 Å². The zero-order valence-electron chi connectivity index (χ0n) is 16.5. The van der Waals surface area contributed by atoms with Gasteiger partial charge in [-0.05, 0) is 51.8 Å². The van der Waals surface area contributed by atoms with Crippen LogP contribution in [0.5, 0.6) is 11.5 Å². The summed E-state index contributed by atoms with van der Waals surface area (Å²) in [6.45, 7) is 0. The van der Waals surface area contributed by atoms with Crippen molar-refractivity contribution in [2.24, 2.45) is 0 Å². The van der Waals surface area contributed by atoms with Gasteiger partial charge in [0.2, 0.25) is 0 Å². The molecule has 8 nitrogen and oxygen atoms in total. The summed E-state index contributed by atoms with van der Waals surface area (Å²) in [6.07, 6.45) is 0.613. The zero-order valence-corrected chi connectivity index (χ0v) is 18.9. The minimum Gasteiger partial charge on any atom is -0.453 e. The van der Waals surface area contributed by atoms with Gasteiger partial charge in [0.1, 0.15) is 5.75 Å². The largest absolute Gasteiger partial charge is 0.518 e. The van der Waals surface area contributed by atoms with Crippen molar-refractivity contribution in [3.63, 3.8) is 0 Å². The normalized spacial score (nSPS) is 10.3. The summed E-state index contributed by atoms with van der Waals surface area (Å²) < 4.78 is 25.9. The molecule has 0 fully saturated rings. The number of carbonyl (C=O) groups is 1. The number of ether oxygens (including phenoxy) is 2. The van der Waals surface area contributed by atoms with Crippen LogP contribution in [0.15, 0.2) is 47.1 Å². The third-order valence-electron chi connectivity index (χ3n) is 4.25. The fraction of sp³-hybridized carbons (Fsp3) is 0.0952. The number of aromatic nitrogens is 2. The zero-order chi connectivity index (χ0) is 23.3. The van der Waals surface area contributed by atoms with E-state index in [1.54, 1.807) is 6.07 Å². The number of hydrogen-bond acceptors (Lipinski definition) is 7. The molecular weight excluding hydrogens is 505 g/mol. The van der Waals surface area contributed by atoms with E-state index in [-0.39, 0.29) is 45.6 Å². The third-order valence-corrected chi connectivity index (χ3v) is 5.09. The number of quaternary nitrogens is 1. The van der Waals surface area contributed by atoms with Crippen molar-refractivity contribution in [2.75, 3.05) is 7.11 Å². The number of nitrogens with zero attached hydrogens (tertiary/aromatic N) is 3. The predicted molar refractivity (Wildman–Crippen MR) is 117 cm³/mol. The molecule has 1 heterocycles. The monoisotopic (exact) mass is 518 g/mol. The molecule has 0 bridgehead atoms. The minimum atomic E-state index is -0.692. The van der Waals surface area contributed by atoms with Crippen LogP contribution in [0.1, 0.15) is 16.7 Å². The molecule has 0 aliphatic carbocycles. The van der Waals surface area contributed by atoms with E-state index in [1.807, 2.05) is 6.07 Å². The molecule has 1 aromatic heterocycles. The molecular formula is C21H15BrClFN5O3+. The molecule has 0 aliphatic rings. The third kappa shape index (κ3) is 5.45. The standard InChI is InChI=1S/C21H14BrClFN5O3/c1-31-21(30)28-20-15(4-5-27-29-20)17(26)8-12-2-3-16(22)19(18(12)24)32-14-7-11(10-25)6-13(23)9-14/h2-7,9,26H,8H2,1H3,(H,28,29,30)/p+1. The van der Waals surface area contributed by atoms with Gasteiger partial charge in [-0.1, -0.05) is 22.8 Å². The van der Waals surface area contributed by atoms with Crippen molar-refractivity contribution in [1.29, 1.82) is 10.7 Å². The molecule has 0 aliphatic heterocycles. The fourth-order valence-electron chi connectivity index (χ4n) is 2.77. The van der Waals surface area contributed by atoms with Crippen molar-refractivity contribution < 1.29 is 24.0 Å². The minimum absolute atomic E-state index is 0.0109. The lowest BCUT2D eigenvalue weighted by atomic mass is 10.0. The molecule has 0 saturated heterocycles. The Bertz CT molecular complexity index is 1250. The molecule has 11 heteroatoms. The van der Waals surface area contributed by atoms with E-state index >= 15 is 4.39 Å². The van der Waals surface area contributed by atoms with E-state index in [1.165, 1.54) is 43.6 Å². The molecule has 0 spiro atoms. The number of rotatable bonds is 6. The number of hydrogen-bond donors (Lipinski definition) is 2. The Hall–Kier alpha value is -3.39. The first-order valence-corrected chi connectivity index (χ1v) is 10.2. The van der Waals surface area contributed by atoms with Crippen LogP contribution in [0.25, 0.3) is 0 Å². The number of nitrogens with two attached hydrogens (primary N) is 1. The number of methoxy groups -OCH3 is 1. The van der Waals surface area contributed by atoms with Gasteiger partial charge in [0.15, 0.2) is 11.6 Å². The first kappa shape index (κ1) is 23.3. The maximum Gasteiger partial charge on any atom is 0.518 e. The highest BCUT2D eigenvalue weighted by molar-refractivity contribution is 9.10. The number of halogens is 3. The summed E-state index contributed by atoms with van der Waals surface area (Å²) >= 11 is 9.25. The van der Waals surface area contributed by atoms with Crippen LogP contribution in [0, 0.1) is 22.6 Å². The molecule has 0 radical (unpaired) electrons. The van der Waals surface area contributed by atoms with Gasteiger partial charge in [-0.15, -0.1) is 0 Å². The SMILES string of the molecule is COC(=O)[NH2+]c1nnccc1C(=N)Cc1ccc(Br)c(Oc2cc(Cl)cc(C#N)c2)c1F. The second-order valence-corrected chi connectivity index (χ2v) is 7.68. The molecule has 0 atom stereocenters. The first-order valence-electron chi connectivity index (χ1n) is 9.00. The highest BCUT2D eigenvalue weighted by Gasteiger charge is 2.21. The van der Waals surface area contributed by atoms with Crippen LogP contribution in [-0.2, 0) is 11.2 Å². The Labute approximate surface area is 195 Å². The first-order chi connectivity index (χ1) is 15.3. The predicted octanol–water partition coefficient (Wildman–Crippen LogP) is 4.27. The number of benzene rings is 2. The van der Waals surface area contributed by atoms with Crippen LogP contribution in [-0.4, -0.2) is 29.1 Å².